The van der Waals surface area contributed by atoms with E-state index >= 15 is 0 Å². The van der Waals surface area contributed by atoms with Crippen molar-refractivity contribution >= 4 is 34.6 Å². The van der Waals surface area contributed by atoms with Gasteiger partial charge in [-0.2, -0.15) is 0 Å². The minimum Gasteiger partial charge on any atom is -0.465 e. The molecule has 0 aliphatic carbocycles. The van der Waals surface area contributed by atoms with Gasteiger partial charge < -0.3 is 9.64 Å². The predicted molar refractivity (Wildman–Crippen MR) is 103 cm³/mol. The molecule has 1 aromatic carbocycles. The molecule has 6 heteroatoms. The molecule has 4 rings (SSSR count). The fourth-order valence-electron chi connectivity index (χ4n) is 3.32. The number of hydrogen-bond acceptors (Lipinski definition) is 5. The van der Waals surface area contributed by atoms with Crippen molar-refractivity contribution in [2.75, 3.05) is 13.7 Å². The van der Waals surface area contributed by atoms with Crippen molar-refractivity contribution in [1.29, 1.82) is 0 Å². The zero-order valence-electron chi connectivity index (χ0n) is 14.2. The van der Waals surface area contributed by atoms with Crippen LogP contribution in [0.4, 0.5) is 0 Å². The van der Waals surface area contributed by atoms with Crippen LogP contribution in [-0.4, -0.2) is 30.4 Å². The highest BCUT2D eigenvalue weighted by Crippen LogP contribution is 2.40. The maximum Gasteiger partial charge on any atom is 0.337 e. The quantitative estimate of drug-likeness (QED) is 0.631. The second-order valence-electron chi connectivity index (χ2n) is 6.03. The zero-order chi connectivity index (χ0) is 18.1. The summed E-state index contributed by atoms with van der Waals surface area (Å²) in [7, 11) is 1.35. The smallest absolute Gasteiger partial charge is 0.337 e. The number of carbonyl (C=O) groups excluding carboxylic acids is 2. The van der Waals surface area contributed by atoms with E-state index in [9.17, 15) is 9.59 Å². The second-order valence-corrected chi connectivity index (χ2v) is 8.01. The Labute approximate surface area is 159 Å². The highest BCUT2D eigenvalue weighted by molar-refractivity contribution is 7.10. The van der Waals surface area contributed by atoms with Crippen molar-refractivity contribution in [2.24, 2.45) is 0 Å². The lowest BCUT2D eigenvalue weighted by Crippen LogP contribution is -2.39. The number of carbonyl (C=O) groups is 2. The van der Waals surface area contributed by atoms with E-state index in [0.717, 1.165) is 6.42 Å². The van der Waals surface area contributed by atoms with Crippen LogP contribution in [0.3, 0.4) is 0 Å². The van der Waals surface area contributed by atoms with Crippen LogP contribution in [0.5, 0.6) is 0 Å². The molecule has 0 saturated carbocycles. The van der Waals surface area contributed by atoms with E-state index in [-0.39, 0.29) is 11.9 Å². The fourth-order valence-corrected chi connectivity index (χ4v) is 5.08. The van der Waals surface area contributed by atoms with Gasteiger partial charge in [-0.1, -0.05) is 6.07 Å². The monoisotopic (exact) mass is 383 g/mol. The maximum absolute atomic E-state index is 13.2. The molecular formula is C20H17NO3S2. The van der Waals surface area contributed by atoms with E-state index in [0.29, 0.717) is 17.7 Å². The van der Waals surface area contributed by atoms with Gasteiger partial charge in [-0.25, -0.2) is 4.79 Å². The summed E-state index contributed by atoms with van der Waals surface area (Å²) >= 11 is 3.43. The number of fused-ring (bicyclic) bond motifs is 1. The Balaban J connectivity index is 1.67. The topological polar surface area (TPSA) is 46.6 Å². The Hall–Kier alpha value is -2.44. The highest BCUT2D eigenvalue weighted by Gasteiger charge is 2.33. The number of methoxy groups -OCH3 is 1. The summed E-state index contributed by atoms with van der Waals surface area (Å²) in [5.74, 6) is -0.419. The molecule has 0 N–H and O–H groups in total. The van der Waals surface area contributed by atoms with E-state index < -0.39 is 5.97 Å². The Morgan fingerprint density at radius 2 is 1.81 bits per heavy atom. The fraction of sp³-hybridized carbons (Fsp3) is 0.200. The Morgan fingerprint density at radius 1 is 1.04 bits per heavy atom. The Kier molecular flexibility index (Phi) is 4.61. The van der Waals surface area contributed by atoms with Crippen LogP contribution in [-0.2, 0) is 11.2 Å². The standard InChI is InChI=1S/C20H17NO3S2/c1-24-20(23)14-6-4-13(5-7-14)19(22)21-10-8-16-15(9-12-26-16)18(21)17-3-2-11-25-17/h2-7,9,11-12,18H,8,10H2,1H3/t18-/m0/s1. The lowest BCUT2D eigenvalue weighted by atomic mass is 9.97. The molecule has 1 atom stereocenters. The van der Waals surface area contributed by atoms with Crippen LogP contribution in [0.15, 0.2) is 53.2 Å². The Morgan fingerprint density at radius 3 is 2.50 bits per heavy atom. The molecule has 2 aromatic heterocycles. The predicted octanol–water partition coefficient (Wildman–Crippen LogP) is 4.38. The molecule has 0 spiro atoms. The molecule has 0 radical (unpaired) electrons. The number of hydrogen-bond donors (Lipinski definition) is 0. The van der Waals surface area contributed by atoms with Gasteiger partial charge in [0, 0.05) is 21.9 Å². The average molecular weight is 383 g/mol. The van der Waals surface area contributed by atoms with Crippen LogP contribution in [0, 0.1) is 0 Å². The number of rotatable bonds is 3. The van der Waals surface area contributed by atoms with Gasteiger partial charge in [0.1, 0.15) is 0 Å². The molecule has 132 valence electrons. The van der Waals surface area contributed by atoms with Crippen molar-refractivity contribution in [3.05, 3.63) is 79.7 Å². The number of esters is 1. The first-order chi connectivity index (χ1) is 12.7. The number of ether oxygens (including phenoxy) is 1. The molecule has 1 aliphatic heterocycles. The summed E-state index contributed by atoms with van der Waals surface area (Å²) in [6.45, 7) is 0.688. The van der Waals surface area contributed by atoms with Gasteiger partial charge in [0.2, 0.25) is 0 Å². The third-order valence-corrected chi connectivity index (χ3v) is 6.51. The summed E-state index contributed by atoms with van der Waals surface area (Å²) in [5.41, 5.74) is 2.25. The molecule has 0 fully saturated rings. The summed E-state index contributed by atoms with van der Waals surface area (Å²) < 4.78 is 4.72. The van der Waals surface area contributed by atoms with Crippen LogP contribution in [0.2, 0.25) is 0 Å². The Bertz CT molecular complexity index is 928. The highest BCUT2D eigenvalue weighted by atomic mass is 32.1. The van der Waals surface area contributed by atoms with Gasteiger partial charge in [-0.15, -0.1) is 22.7 Å². The van der Waals surface area contributed by atoms with Crippen LogP contribution >= 0.6 is 22.7 Å². The zero-order valence-corrected chi connectivity index (χ0v) is 15.8. The van der Waals surface area contributed by atoms with Gasteiger partial charge >= 0.3 is 5.97 Å². The van der Waals surface area contributed by atoms with E-state index in [4.69, 9.17) is 4.74 Å². The summed E-state index contributed by atoms with van der Waals surface area (Å²) in [6.07, 6.45) is 0.876. The summed E-state index contributed by atoms with van der Waals surface area (Å²) in [6, 6.07) is 12.9. The molecule has 3 aromatic rings. The molecule has 4 nitrogen and oxygen atoms in total. The van der Waals surface area contributed by atoms with E-state index in [2.05, 4.69) is 17.5 Å². The third-order valence-electron chi connectivity index (χ3n) is 4.59. The first kappa shape index (κ1) is 17.0. The van der Waals surface area contributed by atoms with Crippen LogP contribution in [0.1, 0.15) is 42.1 Å². The molecule has 0 bridgehead atoms. The van der Waals surface area contributed by atoms with Crippen molar-refractivity contribution in [1.82, 2.24) is 4.90 Å². The van der Waals surface area contributed by atoms with Gasteiger partial charge in [0.05, 0.1) is 18.7 Å². The lowest BCUT2D eigenvalue weighted by molar-refractivity contribution is 0.0599. The number of thiophene rings is 2. The normalized spacial score (nSPS) is 16.2. The van der Waals surface area contributed by atoms with E-state index in [1.54, 1.807) is 46.9 Å². The molecule has 0 saturated heterocycles. The maximum atomic E-state index is 13.2. The van der Waals surface area contributed by atoms with Gasteiger partial charge in [-0.05, 0) is 59.1 Å². The summed E-state index contributed by atoms with van der Waals surface area (Å²) in [4.78, 5) is 29.3. The molecule has 3 heterocycles. The van der Waals surface area contributed by atoms with Gasteiger partial charge in [0.15, 0.2) is 0 Å². The number of amides is 1. The van der Waals surface area contributed by atoms with Crippen LogP contribution < -0.4 is 0 Å². The lowest BCUT2D eigenvalue weighted by Gasteiger charge is -2.35. The minimum atomic E-state index is -0.402. The molecule has 1 amide bonds. The van der Waals surface area contributed by atoms with Gasteiger partial charge in [-0.3, -0.25) is 4.79 Å². The van der Waals surface area contributed by atoms with Crippen molar-refractivity contribution in [3.8, 4) is 0 Å². The molecular weight excluding hydrogens is 366 g/mol. The third kappa shape index (κ3) is 2.95. The first-order valence-electron chi connectivity index (χ1n) is 8.28. The second kappa shape index (κ2) is 7.05. The first-order valence-corrected chi connectivity index (χ1v) is 10.0. The number of nitrogens with zero attached hydrogens (tertiary/aromatic N) is 1. The van der Waals surface area contributed by atoms with E-state index in [1.807, 2.05) is 16.3 Å². The van der Waals surface area contributed by atoms with Crippen LogP contribution in [0.25, 0.3) is 0 Å². The average Bonchev–Trinajstić information content (AvgIpc) is 3.37. The molecule has 0 unspecified atom stereocenters. The SMILES string of the molecule is COC(=O)c1ccc(C(=O)N2CCc3sccc3[C@H]2c2cccs2)cc1. The largest absolute Gasteiger partial charge is 0.465 e. The minimum absolute atomic E-state index is 0.0170. The van der Waals surface area contributed by atoms with Crippen molar-refractivity contribution in [3.63, 3.8) is 0 Å². The summed E-state index contributed by atoms with van der Waals surface area (Å²) in [5, 5.41) is 4.15. The van der Waals surface area contributed by atoms with Gasteiger partial charge in [0.25, 0.3) is 5.91 Å². The molecule has 1 aliphatic rings. The van der Waals surface area contributed by atoms with Crippen molar-refractivity contribution in [2.45, 2.75) is 12.5 Å². The van der Waals surface area contributed by atoms with E-state index in [1.165, 1.54) is 22.4 Å². The molecule has 26 heavy (non-hydrogen) atoms. The number of benzene rings is 1. The van der Waals surface area contributed by atoms with Crippen molar-refractivity contribution < 1.29 is 14.3 Å².